The first kappa shape index (κ1) is 21.6. The zero-order valence-corrected chi connectivity index (χ0v) is 16.9. The maximum Gasteiger partial charge on any atom is 0.237 e. The summed E-state index contributed by atoms with van der Waals surface area (Å²) in [5, 5.41) is 3.28. The van der Waals surface area contributed by atoms with Crippen LogP contribution in [0, 0.1) is 11.6 Å². The number of hydrogen-bond acceptors (Lipinski definition) is 2. The van der Waals surface area contributed by atoms with E-state index in [9.17, 15) is 13.6 Å². The molecule has 0 fully saturated rings. The molecule has 1 aliphatic heterocycles. The highest BCUT2D eigenvalue weighted by Gasteiger charge is 2.48. The summed E-state index contributed by atoms with van der Waals surface area (Å²) in [7, 11) is 1.79. The van der Waals surface area contributed by atoms with Gasteiger partial charge in [0.05, 0.1) is 17.1 Å². The van der Waals surface area contributed by atoms with Crippen molar-refractivity contribution in [3.8, 4) is 0 Å². The molecular weight excluding hydrogens is 393 g/mol. The van der Waals surface area contributed by atoms with Crippen LogP contribution in [0.4, 0.5) is 14.5 Å². The van der Waals surface area contributed by atoms with Crippen molar-refractivity contribution in [1.82, 2.24) is 5.32 Å². The van der Waals surface area contributed by atoms with Crippen LogP contribution in [0.15, 0.2) is 36.4 Å². The van der Waals surface area contributed by atoms with Gasteiger partial charge in [-0.1, -0.05) is 23.7 Å². The van der Waals surface area contributed by atoms with Crippen LogP contribution in [0.25, 0.3) is 0 Å². The minimum absolute atomic E-state index is 0. The van der Waals surface area contributed by atoms with Crippen molar-refractivity contribution in [1.29, 1.82) is 0 Å². The van der Waals surface area contributed by atoms with Crippen LogP contribution < -0.4 is 10.2 Å². The van der Waals surface area contributed by atoms with E-state index >= 15 is 0 Å². The lowest BCUT2D eigenvalue weighted by Gasteiger charge is -2.31. The number of benzene rings is 2. The Bertz CT molecular complexity index is 838. The van der Waals surface area contributed by atoms with Gasteiger partial charge >= 0.3 is 0 Å². The number of carbonyl (C=O) groups excluding carboxylic acids is 1. The number of halogens is 4. The minimum Gasteiger partial charge on any atom is -0.320 e. The van der Waals surface area contributed by atoms with E-state index in [1.165, 1.54) is 23.1 Å². The van der Waals surface area contributed by atoms with Gasteiger partial charge in [0.1, 0.15) is 11.6 Å². The molecule has 2 aromatic rings. The predicted molar refractivity (Wildman–Crippen MR) is 107 cm³/mol. The van der Waals surface area contributed by atoms with Gasteiger partial charge in [-0.05, 0) is 69.3 Å². The number of nitrogens with one attached hydrogen (secondary N) is 1. The Hall–Kier alpha value is -1.69. The molecule has 0 spiro atoms. The van der Waals surface area contributed by atoms with Crippen molar-refractivity contribution in [2.45, 2.75) is 31.7 Å². The van der Waals surface area contributed by atoms with Crippen LogP contribution in [0.5, 0.6) is 0 Å². The summed E-state index contributed by atoms with van der Waals surface area (Å²) >= 11 is 6.03. The molecule has 1 amide bonds. The van der Waals surface area contributed by atoms with Gasteiger partial charge in [-0.25, -0.2) is 8.78 Å². The third kappa shape index (κ3) is 3.82. The minimum atomic E-state index is -0.855. The average Bonchev–Trinajstić information content (AvgIpc) is 2.77. The molecule has 0 radical (unpaired) electrons. The van der Waals surface area contributed by atoms with Gasteiger partial charge < -0.3 is 10.2 Å². The standard InChI is InChI=1S/C20H21ClF2N2O.ClH/c1-20(2)15-5-4-6-16(23)18(15)25(19(20)26)17(7-8-24-3)12-9-13(21)11-14(22)10-12;/h4-6,9-11,17,24H,7-8H2,1-3H3;1H/t17-;/m1./s1. The largest absolute Gasteiger partial charge is 0.320 e. The second kappa shape index (κ2) is 8.13. The number of anilines is 1. The molecule has 1 aliphatic rings. The molecule has 3 nitrogen and oxygen atoms in total. The summed E-state index contributed by atoms with van der Waals surface area (Å²) in [6.45, 7) is 4.13. The molecular formula is C20H22Cl2F2N2O. The highest BCUT2D eigenvalue weighted by atomic mass is 35.5. The summed E-state index contributed by atoms with van der Waals surface area (Å²) in [5.74, 6) is -1.15. The Morgan fingerprint density at radius 1 is 1.22 bits per heavy atom. The van der Waals surface area contributed by atoms with Crippen LogP contribution in [0.3, 0.4) is 0 Å². The summed E-state index contributed by atoms with van der Waals surface area (Å²) in [4.78, 5) is 14.7. The Kier molecular flexibility index (Phi) is 6.51. The Morgan fingerprint density at radius 2 is 1.93 bits per heavy atom. The second-order valence-corrected chi connectivity index (χ2v) is 7.48. The van der Waals surface area contributed by atoms with Gasteiger partial charge in [0, 0.05) is 5.02 Å². The maximum atomic E-state index is 14.7. The molecule has 2 aromatic carbocycles. The molecule has 0 saturated carbocycles. The zero-order chi connectivity index (χ0) is 19.1. The van der Waals surface area contributed by atoms with Crippen molar-refractivity contribution in [3.63, 3.8) is 0 Å². The summed E-state index contributed by atoms with van der Waals surface area (Å²) in [5.41, 5.74) is 0.598. The smallest absolute Gasteiger partial charge is 0.237 e. The summed E-state index contributed by atoms with van der Waals surface area (Å²) in [6, 6.07) is 8.38. The molecule has 0 saturated heterocycles. The molecule has 0 unspecified atom stereocenters. The van der Waals surface area contributed by atoms with E-state index in [0.29, 0.717) is 24.1 Å². The first-order valence-corrected chi connectivity index (χ1v) is 8.88. The Morgan fingerprint density at radius 3 is 2.56 bits per heavy atom. The molecule has 0 aliphatic carbocycles. The molecule has 27 heavy (non-hydrogen) atoms. The topological polar surface area (TPSA) is 32.3 Å². The predicted octanol–water partition coefficient (Wildman–Crippen LogP) is 5.02. The lowest BCUT2D eigenvalue weighted by Crippen LogP contribution is -2.39. The Labute approximate surface area is 169 Å². The number of nitrogens with zero attached hydrogens (tertiary/aromatic N) is 1. The highest BCUT2D eigenvalue weighted by Crippen LogP contribution is 2.47. The number of carbonyl (C=O) groups is 1. The van der Waals surface area contributed by atoms with Gasteiger partial charge in [-0.2, -0.15) is 0 Å². The van der Waals surface area contributed by atoms with Crippen LogP contribution in [-0.2, 0) is 10.2 Å². The van der Waals surface area contributed by atoms with Crippen molar-refractivity contribution in [2.75, 3.05) is 18.5 Å². The van der Waals surface area contributed by atoms with Crippen molar-refractivity contribution in [3.05, 3.63) is 64.2 Å². The zero-order valence-electron chi connectivity index (χ0n) is 15.4. The number of rotatable bonds is 5. The van der Waals surface area contributed by atoms with E-state index in [0.717, 1.165) is 0 Å². The van der Waals surface area contributed by atoms with Crippen LogP contribution in [0.2, 0.25) is 5.02 Å². The van der Waals surface area contributed by atoms with Gasteiger partial charge in [0.2, 0.25) is 5.91 Å². The van der Waals surface area contributed by atoms with Crippen LogP contribution in [0.1, 0.15) is 37.4 Å². The average molecular weight is 415 g/mol. The van der Waals surface area contributed by atoms with E-state index in [1.807, 2.05) is 0 Å². The van der Waals surface area contributed by atoms with E-state index in [-0.39, 0.29) is 29.0 Å². The summed E-state index contributed by atoms with van der Waals surface area (Å²) in [6.07, 6.45) is 0.492. The maximum absolute atomic E-state index is 14.7. The van der Waals surface area contributed by atoms with Crippen molar-refractivity contribution < 1.29 is 13.6 Å². The van der Waals surface area contributed by atoms with Crippen LogP contribution in [-0.4, -0.2) is 19.5 Å². The van der Waals surface area contributed by atoms with E-state index in [1.54, 1.807) is 39.1 Å². The molecule has 1 atom stereocenters. The number of amides is 1. The van der Waals surface area contributed by atoms with Gasteiger partial charge in [0.25, 0.3) is 0 Å². The SMILES string of the molecule is CNCC[C@H](c1cc(F)cc(Cl)c1)N1C(=O)C(C)(C)c2cccc(F)c21.Cl. The lowest BCUT2D eigenvalue weighted by molar-refractivity contribution is -0.122. The first-order chi connectivity index (χ1) is 12.3. The Balaban J connectivity index is 0.00000261. The summed E-state index contributed by atoms with van der Waals surface area (Å²) < 4.78 is 28.6. The van der Waals surface area contributed by atoms with E-state index < -0.39 is 23.1 Å². The van der Waals surface area contributed by atoms with Crippen molar-refractivity contribution >= 4 is 35.6 Å². The fourth-order valence-corrected chi connectivity index (χ4v) is 3.80. The fourth-order valence-electron chi connectivity index (χ4n) is 3.57. The molecule has 1 heterocycles. The van der Waals surface area contributed by atoms with Crippen molar-refractivity contribution in [2.24, 2.45) is 0 Å². The number of hydrogen-bond donors (Lipinski definition) is 1. The molecule has 7 heteroatoms. The number of fused-ring (bicyclic) bond motifs is 1. The monoisotopic (exact) mass is 414 g/mol. The first-order valence-electron chi connectivity index (χ1n) is 8.50. The van der Waals surface area contributed by atoms with Gasteiger partial charge in [-0.15, -0.1) is 12.4 Å². The quantitative estimate of drug-likeness (QED) is 0.744. The van der Waals surface area contributed by atoms with Gasteiger partial charge in [0.15, 0.2) is 0 Å². The molecule has 3 rings (SSSR count). The second-order valence-electron chi connectivity index (χ2n) is 7.05. The molecule has 0 bridgehead atoms. The third-order valence-electron chi connectivity index (χ3n) is 4.90. The van der Waals surface area contributed by atoms with E-state index in [2.05, 4.69) is 5.32 Å². The molecule has 1 N–H and O–H groups in total. The number of para-hydroxylation sites is 1. The molecule has 146 valence electrons. The van der Waals surface area contributed by atoms with Gasteiger partial charge in [-0.3, -0.25) is 4.79 Å². The lowest BCUT2D eigenvalue weighted by atomic mass is 9.86. The third-order valence-corrected chi connectivity index (χ3v) is 5.12. The van der Waals surface area contributed by atoms with Crippen LogP contribution >= 0.6 is 24.0 Å². The normalized spacial score (nSPS) is 16.1. The fraction of sp³-hybridized carbons (Fsp3) is 0.350. The molecule has 0 aromatic heterocycles. The highest BCUT2D eigenvalue weighted by molar-refractivity contribution is 6.30. The van der Waals surface area contributed by atoms with E-state index in [4.69, 9.17) is 11.6 Å².